The molecule has 0 aromatic carbocycles. The van der Waals surface area contributed by atoms with E-state index < -0.39 is 23.5 Å². The van der Waals surface area contributed by atoms with Gasteiger partial charge in [-0.25, -0.2) is 4.79 Å². The molecule has 5 heteroatoms. The Balaban J connectivity index is 2.89. The van der Waals surface area contributed by atoms with Gasteiger partial charge in [0.25, 0.3) is 0 Å². The van der Waals surface area contributed by atoms with Crippen molar-refractivity contribution in [3.05, 3.63) is 0 Å². The molecule has 1 aliphatic heterocycles. The Labute approximate surface area is 95.4 Å². The van der Waals surface area contributed by atoms with Crippen molar-refractivity contribution >= 4 is 11.9 Å². The standard InChI is InChI=1S/C11H19NO4/c1-11(2,3)10(15)12-6-5-7(16-4)8(12)9(13)14/h7-8H,5-6H2,1-4H3,(H,13,14)/t7-,8?/m0/s1. The van der Waals surface area contributed by atoms with Gasteiger partial charge < -0.3 is 14.7 Å². The van der Waals surface area contributed by atoms with Crippen molar-refractivity contribution in [3.8, 4) is 0 Å². The predicted octanol–water partition coefficient (Wildman–Crippen LogP) is 0.733. The molecule has 1 amide bonds. The molecule has 0 aliphatic carbocycles. The van der Waals surface area contributed by atoms with Gasteiger partial charge in [-0.3, -0.25) is 4.79 Å². The van der Waals surface area contributed by atoms with Gasteiger partial charge in [0.2, 0.25) is 5.91 Å². The van der Waals surface area contributed by atoms with Gasteiger partial charge in [0.1, 0.15) is 0 Å². The summed E-state index contributed by atoms with van der Waals surface area (Å²) in [5, 5.41) is 9.13. The Kier molecular flexibility index (Phi) is 3.57. The van der Waals surface area contributed by atoms with E-state index >= 15 is 0 Å². The first-order valence-corrected chi connectivity index (χ1v) is 5.35. The van der Waals surface area contributed by atoms with Gasteiger partial charge in [-0.15, -0.1) is 0 Å². The van der Waals surface area contributed by atoms with Gasteiger partial charge >= 0.3 is 5.97 Å². The fourth-order valence-electron chi connectivity index (χ4n) is 1.96. The van der Waals surface area contributed by atoms with Crippen LogP contribution < -0.4 is 0 Å². The Morgan fingerprint density at radius 1 is 1.38 bits per heavy atom. The minimum absolute atomic E-state index is 0.139. The molecule has 0 radical (unpaired) electrons. The highest BCUT2D eigenvalue weighted by Gasteiger charge is 2.44. The second-order valence-corrected chi connectivity index (χ2v) is 5.09. The van der Waals surface area contributed by atoms with Crippen LogP contribution in [0.1, 0.15) is 27.2 Å². The number of amides is 1. The minimum Gasteiger partial charge on any atom is -0.480 e. The summed E-state index contributed by atoms with van der Waals surface area (Å²) < 4.78 is 5.10. The minimum atomic E-state index is -0.998. The molecule has 0 saturated carbocycles. The number of methoxy groups -OCH3 is 1. The number of nitrogens with zero attached hydrogens (tertiary/aromatic N) is 1. The molecule has 0 aromatic rings. The van der Waals surface area contributed by atoms with Crippen LogP contribution in [0.4, 0.5) is 0 Å². The van der Waals surface area contributed by atoms with Crippen molar-refractivity contribution in [1.29, 1.82) is 0 Å². The smallest absolute Gasteiger partial charge is 0.329 e. The van der Waals surface area contributed by atoms with Crippen LogP contribution >= 0.6 is 0 Å². The number of rotatable bonds is 2. The maximum Gasteiger partial charge on any atom is 0.329 e. The molecule has 2 atom stereocenters. The Hall–Kier alpha value is -1.10. The summed E-state index contributed by atoms with van der Waals surface area (Å²) in [7, 11) is 1.48. The molecule has 1 N–H and O–H groups in total. The first-order chi connectivity index (χ1) is 7.29. The number of carbonyl (C=O) groups is 2. The fourth-order valence-corrected chi connectivity index (χ4v) is 1.96. The average molecular weight is 229 g/mol. The third kappa shape index (κ3) is 2.35. The average Bonchev–Trinajstić information content (AvgIpc) is 2.57. The lowest BCUT2D eigenvalue weighted by atomic mass is 9.94. The summed E-state index contributed by atoms with van der Waals surface area (Å²) in [6, 6.07) is -0.850. The second kappa shape index (κ2) is 4.41. The summed E-state index contributed by atoms with van der Waals surface area (Å²) in [5.74, 6) is -1.14. The lowest BCUT2D eigenvalue weighted by Crippen LogP contribution is -2.49. The predicted molar refractivity (Wildman–Crippen MR) is 58.0 cm³/mol. The maximum atomic E-state index is 12.1. The third-order valence-electron chi connectivity index (χ3n) is 2.80. The van der Waals surface area contributed by atoms with Crippen LogP contribution in [0.15, 0.2) is 0 Å². The lowest BCUT2D eigenvalue weighted by Gasteiger charge is -2.29. The van der Waals surface area contributed by atoms with Crippen LogP contribution in [0.3, 0.4) is 0 Å². The van der Waals surface area contributed by atoms with Gasteiger partial charge in [0.05, 0.1) is 6.10 Å². The summed E-state index contributed by atoms with van der Waals surface area (Å²) in [5.41, 5.74) is -0.559. The maximum absolute atomic E-state index is 12.1. The van der Waals surface area contributed by atoms with Crippen LogP contribution in [0.2, 0.25) is 0 Å². The van der Waals surface area contributed by atoms with E-state index in [9.17, 15) is 9.59 Å². The van der Waals surface area contributed by atoms with Gasteiger partial charge in [-0.1, -0.05) is 20.8 Å². The van der Waals surface area contributed by atoms with E-state index in [1.165, 1.54) is 12.0 Å². The van der Waals surface area contributed by atoms with E-state index in [0.29, 0.717) is 13.0 Å². The number of carbonyl (C=O) groups excluding carboxylic acids is 1. The topological polar surface area (TPSA) is 66.8 Å². The van der Waals surface area contributed by atoms with Crippen molar-refractivity contribution in [2.45, 2.75) is 39.3 Å². The zero-order valence-corrected chi connectivity index (χ0v) is 10.2. The molecule has 16 heavy (non-hydrogen) atoms. The second-order valence-electron chi connectivity index (χ2n) is 5.09. The van der Waals surface area contributed by atoms with Crippen LogP contribution in [0, 0.1) is 5.41 Å². The molecule has 5 nitrogen and oxygen atoms in total. The van der Waals surface area contributed by atoms with E-state index in [4.69, 9.17) is 9.84 Å². The molecule has 1 fully saturated rings. The number of hydrogen-bond acceptors (Lipinski definition) is 3. The number of ether oxygens (including phenoxy) is 1. The normalized spacial score (nSPS) is 25.9. The SMILES string of the molecule is CO[C@H]1CCN(C(=O)C(C)(C)C)C1C(=O)O. The molecular formula is C11H19NO4. The Bertz CT molecular complexity index is 295. The Morgan fingerprint density at radius 3 is 2.31 bits per heavy atom. The van der Waals surface area contributed by atoms with E-state index in [-0.39, 0.29) is 5.91 Å². The van der Waals surface area contributed by atoms with Crippen molar-refractivity contribution < 1.29 is 19.4 Å². The van der Waals surface area contributed by atoms with Crippen molar-refractivity contribution in [3.63, 3.8) is 0 Å². The molecule has 92 valence electrons. The molecule has 1 aliphatic rings. The number of hydrogen-bond donors (Lipinski definition) is 1. The summed E-state index contributed by atoms with van der Waals surface area (Å²) in [6.45, 7) is 5.81. The highest BCUT2D eigenvalue weighted by molar-refractivity contribution is 5.87. The van der Waals surface area contributed by atoms with E-state index in [1.807, 2.05) is 0 Å². The molecule has 0 bridgehead atoms. The molecule has 1 rings (SSSR count). The molecule has 1 unspecified atom stereocenters. The van der Waals surface area contributed by atoms with E-state index in [2.05, 4.69) is 0 Å². The van der Waals surface area contributed by atoms with Crippen molar-refractivity contribution in [1.82, 2.24) is 4.90 Å². The summed E-state index contributed by atoms with van der Waals surface area (Å²) in [6.07, 6.45) is 0.179. The summed E-state index contributed by atoms with van der Waals surface area (Å²) >= 11 is 0. The largest absolute Gasteiger partial charge is 0.480 e. The van der Waals surface area contributed by atoms with Crippen LogP contribution in [-0.4, -0.2) is 47.7 Å². The van der Waals surface area contributed by atoms with Gasteiger partial charge in [-0.2, -0.15) is 0 Å². The fraction of sp³-hybridized carbons (Fsp3) is 0.818. The van der Waals surface area contributed by atoms with E-state index in [1.54, 1.807) is 20.8 Å². The third-order valence-corrected chi connectivity index (χ3v) is 2.80. The molecule has 0 aromatic heterocycles. The van der Waals surface area contributed by atoms with Crippen molar-refractivity contribution in [2.24, 2.45) is 5.41 Å². The summed E-state index contributed by atoms with van der Waals surface area (Å²) in [4.78, 5) is 24.6. The monoisotopic (exact) mass is 229 g/mol. The zero-order chi connectivity index (χ0) is 12.5. The lowest BCUT2D eigenvalue weighted by molar-refractivity contribution is -0.155. The van der Waals surface area contributed by atoms with Crippen molar-refractivity contribution in [2.75, 3.05) is 13.7 Å². The number of likely N-dealkylation sites (tertiary alicyclic amines) is 1. The molecular weight excluding hydrogens is 210 g/mol. The van der Waals surface area contributed by atoms with Gasteiger partial charge in [0.15, 0.2) is 6.04 Å². The van der Waals surface area contributed by atoms with E-state index in [0.717, 1.165) is 0 Å². The quantitative estimate of drug-likeness (QED) is 0.758. The first-order valence-electron chi connectivity index (χ1n) is 5.35. The zero-order valence-electron chi connectivity index (χ0n) is 10.2. The van der Waals surface area contributed by atoms with Crippen LogP contribution in [0.25, 0.3) is 0 Å². The molecule has 1 heterocycles. The number of carboxylic acid groups (broad SMARTS) is 1. The highest BCUT2D eigenvalue weighted by Crippen LogP contribution is 2.27. The molecule has 0 spiro atoms. The Morgan fingerprint density at radius 2 is 1.94 bits per heavy atom. The first kappa shape index (κ1) is 13.0. The number of aliphatic carboxylic acids is 1. The highest BCUT2D eigenvalue weighted by atomic mass is 16.5. The van der Waals surface area contributed by atoms with Gasteiger partial charge in [-0.05, 0) is 6.42 Å². The van der Waals surface area contributed by atoms with Crippen LogP contribution in [0.5, 0.6) is 0 Å². The number of carboxylic acids is 1. The van der Waals surface area contributed by atoms with Gasteiger partial charge in [0, 0.05) is 19.1 Å². The van der Waals surface area contributed by atoms with Crippen LogP contribution in [-0.2, 0) is 14.3 Å². The molecule has 1 saturated heterocycles.